The van der Waals surface area contributed by atoms with E-state index in [-0.39, 0.29) is 0 Å². The van der Waals surface area contributed by atoms with Crippen LogP contribution in [-0.4, -0.2) is 35.6 Å². The summed E-state index contributed by atoms with van der Waals surface area (Å²) < 4.78 is 32.8. The lowest BCUT2D eigenvalue weighted by Crippen LogP contribution is -2.38. The van der Waals surface area contributed by atoms with Crippen LogP contribution in [0.15, 0.2) is 5.70 Å². The van der Waals surface area contributed by atoms with E-state index in [0.29, 0.717) is 0 Å². The van der Waals surface area contributed by atoms with Gasteiger partial charge in [-0.3, -0.25) is 9.56 Å². The lowest BCUT2D eigenvalue weighted by atomic mass is 10.1. The van der Waals surface area contributed by atoms with Crippen molar-refractivity contribution in [2.75, 3.05) is 13.1 Å². The standard InChI is InChI=1S/C9H15N2.H2O4S/c1-3-7-10-11-8-4-2-6-9(11)5-1;1-5(2,3)4/h10H,1-5,7-8H2;(H2,1,2,3,4)/q+1;/p-1. The van der Waals surface area contributed by atoms with Gasteiger partial charge in [-0.25, -0.2) is 13.8 Å². The Kier molecular flexibility index (Phi) is 5.11. The van der Waals surface area contributed by atoms with Crippen LogP contribution in [-0.2, 0) is 10.4 Å². The molecule has 0 radical (unpaired) electrons. The summed E-state index contributed by atoms with van der Waals surface area (Å²) in [7, 11) is -4.92. The normalized spacial score (nSPS) is 20.6. The summed E-state index contributed by atoms with van der Waals surface area (Å²) in [5.41, 5.74) is 4.83. The topological polar surface area (TPSA) is 92.7 Å². The highest BCUT2D eigenvalue weighted by Gasteiger charge is 2.25. The molecule has 2 N–H and O–H groups in total. The SMILES string of the molecule is O=S(=O)([O-])O.[C+]1=C2CCCCNN2CCC1. The molecule has 0 aliphatic carbocycles. The van der Waals surface area contributed by atoms with Crippen LogP contribution in [0.5, 0.6) is 0 Å². The zero-order valence-corrected chi connectivity index (χ0v) is 9.79. The summed E-state index contributed by atoms with van der Waals surface area (Å²) in [6.07, 6.45) is 9.72. The highest BCUT2D eigenvalue weighted by Crippen LogP contribution is 2.19. The number of nitrogens with zero attached hydrogens (tertiary/aromatic N) is 1. The molecule has 1 saturated heterocycles. The molecule has 0 saturated carbocycles. The molecule has 2 heterocycles. The molecule has 2 rings (SSSR count). The minimum atomic E-state index is -4.92. The van der Waals surface area contributed by atoms with Crippen LogP contribution >= 0.6 is 0 Å². The maximum Gasteiger partial charge on any atom is 0.270 e. The molecule has 0 aromatic heterocycles. The van der Waals surface area contributed by atoms with E-state index in [1.807, 2.05) is 0 Å². The Morgan fingerprint density at radius 3 is 2.75 bits per heavy atom. The van der Waals surface area contributed by atoms with Gasteiger partial charge < -0.3 is 4.55 Å². The first kappa shape index (κ1) is 13.3. The third-order valence-corrected chi connectivity index (χ3v) is 2.36. The summed E-state index contributed by atoms with van der Waals surface area (Å²) in [5, 5.41) is 2.29. The van der Waals surface area contributed by atoms with E-state index in [1.54, 1.807) is 0 Å². The maximum absolute atomic E-state index is 8.63. The van der Waals surface area contributed by atoms with Gasteiger partial charge in [-0.2, -0.15) is 0 Å². The zero-order chi connectivity index (χ0) is 12.0. The molecule has 2 aliphatic heterocycles. The first-order valence-corrected chi connectivity index (χ1v) is 6.62. The fraction of sp³-hybridized carbons (Fsp3) is 0.778. The van der Waals surface area contributed by atoms with Crippen LogP contribution in [0.1, 0.15) is 32.1 Å². The van der Waals surface area contributed by atoms with Gasteiger partial charge in [-0.1, -0.05) is 0 Å². The van der Waals surface area contributed by atoms with E-state index >= 15 is 0 Å². The lowest BCUT2D eigenvalue weighted by Gasteiger charge is -2.21. The largest absolute Gasteiger partial charge is 0.726 e. The zero-order valence-electron chi connectivity index (χ0n) is 8.98. The van der Waals surface area contributed by atoms with Gasteiger partial charge in [0.1, 0.15) is 0 Å². The van der Waals surface area contributed by atoms with Gasteiger partial charge in [0.2, 0.25) is 16.5 Å². The van der Waals surface area contributed by atoms with Crippen molar-refractivity contribution in [3.05, 3.63) is 11.8 Å². The fourth-order valence-corrected chi connectivity index (χ4v) is 1.73. The maximum atomic E-state index is 8.63. The summed E-state index contributed by atoms with van der Waals surface area (Å²) >= 11 is 0. The molecular formula is C9H16N2O4S. The molecule has 0 spiro atoms. The van der Waals surface area contributed by atoms with Gasteiger partial charge in [0, 0.05) is 25.9 Å². The average Bonchev–Trinajstić information content (AvgIpc) is 2.39. The van der Waals surface area contributed by atoms with Crippen LogP contribution in [0.25, 0.3) is 0 Å². The average molecular weight is 248 g/mol. The summed E-state index contributed by atoms with van der Waals surface area (Å²) in [4.78, 5) is 0. The van der Waals surface area contributed by atoms with Crippen molar-refractivity contribution in [3.8, 4) is 0 Å². The Balaban J connectivity index is 0.000000221. The van der Waals surface area contributed by atoms with E-state index in [0.717, 1.165) is 13.0 Å². The van der Waals surface area contributed by atoms with Crippen molar-refractivity contribution in [2.24, 2.45) is 0 Å². The predicted octanol–water partition coefficient (Wildman–Crippen LogP) is 0.462. The molecule has 1 fully saturated rings. The second kappa shape index (κ2) is 6.12. The number of nitrogens with one attached hydrogen (secondary N) is 1. The number of rotatable bonds is 0. The summed E-state index contributed by atoms with van der Waals surface area (Å²) in [6, 6.07) is 0. The minimum absolute atomic E-state index is 1.14. The van der Waals surface area contributed by atoms with Crippen LogP contribution in [0.2, 0.25) is 0 Å². The van der Waals surface area contributed by atoms with Crippen molar-refractivity contribution < 1.29 is 17.5 Å². The van der Waals surface area contributed by atoms with Crippen LogP contribution in [0.3, 0.4) is 0 Å². The van der Waals surface area contributed by atoms with Gasteiger partial charge in [0.25, 0.3) is 5.70 Å². The molecule has 0 unspecified atom stereocenters. The molecule has 16 heavy (non-hydrogen) atoms. The highest BCUT2D eigenvalue weighted by atomic mass is 32.3. The molecule has 0 bridgehead atoms. The Morgan fingerprint density at radius 1 is 1.38 bits per heavy atom. The second-order valence-corrected chi connectivity index (χ2v) is 4.53. The third-order valence-electron chi connectivity index (χ3n) is 2.36. The van der Waals surface area contributed by atoms with E-state index in [2.05, 4.69) is 16.5 Å². The van der Waals surface area contributed by atoms with E-state index in [9.17, 15) is 0 Å². The number of hydrogen-bond donors (Lipinski definition) is 2. The van der Waals surface area contributed by atoms with E-state index in [4.69, 9.17) is 17.5 Å². The Bertz CT molecular complexity index is 331. The second-order valence-electron chi connectivity index (χ2n) is 3.67. The van der Waals surface area contributed by atoms with Crippen LogP contribution in [0, 0.1) is 6.08 Å². The quantitative estimate of drug-likeness (QED) is 0.367. The number of hydrazine groups is 1. The number of fused-ring (bicyclic) bond motifs is 1. The van der Waals surface area contributed by atoms with E-state index in [1.165, 1.54) is 37.9 Å². The summed E-state index contributed by atoms with van der Waals surface area (Å²) in [5.74, 6) is 0. The monoisotopic (exact) mass is 248 g/mol. The molecule has 92 valence electrons. The molecular weight excluding hydrogens is 232 g/mol. The van der Waals surface area contributed by atoms with Crippen LogP contribution in [0.4, 0.5) is 0 Å². The number of allylic oxidation sites excluding steroid dienone is 2. The van der Waals surface area contributed by atoms with Crippen molar-refractivity contribution in [1.82, 2.24) is 10.4 Å². The highest BCUT2D eigenvalue weighted by molar-refractivity contribution is 7.79. The Morgan fingerprint density at radius 2 is 2.06 bits per heavy atom. The first-order chi connectivity index (χ1) is 7.47. The minimum Gasteiger partial charge on any atom is -0.726 e. The molecule has 0 aromatic carbocycles. The third kappa shape index (κ3) is 5.99. The number of hydrogen-bond acceptors (Lipinski definition) is 5. The van der Waals surface area contributed by atoms with Crippen molar-refractivity contribution >= 4 is 10.4 Å². The smallest absolute Gasteiger partial charge is 0.270 e. The molecule has 6 nitrogen and oxygen atoms in total. The first-order valence-electron chi connectivity index (χ1n) is 5.26. The van der Waals surface area contributed by atoms with Crippen LogP contribution < -0.4 is 5.43 Å². The van der Waals surface area contributed by atoms with Crippen molar-refractivity contribution in [2.45, 2.75) is 32.1 Å². The van der Waals surface area contributed by atoms with Gasteiger partial charge in [0.15, 0.2) is 6.42 Å². The van der Waals surface area contributed by atoms with Gasteiger partial charge in [0.05, 0.1) is 0 Å². The lowest BCUT2D eigenvalue weighted by molar-refractivity contribution is 0.234. The molecule has 0 aromatic rings. The molecule has 7 heteroatoms. The van der Waals surface area contributed by atoms with Crippen molar-refractivity contribution in [3.63, 3.8) is 0 Å². The Labute approximate surface area is 95.9 Å². The van der Waals surface area contributed by atoms with Gasteiger partial charge in [-0.05, 0) is 12.8 Å². The van der Waals surface area contributed by atoms with Gasteiger partial charge in [-0.15, -0.1) is 0 Å². The molecule has 0 amide bonds. The predicted molar refractivity (Wildman–Crippen MR) is 56.9 cm³/mol. The van der Waals surface area contributed by atoms with E-state index < -0.39 is 10.4 Å². The molecule has 2 aliphatic rings. The Hall–Kier alpha value is -0.720. The summed E-state index contributed by atoms with van der Waals surface area (Å²) in [6.45, 7) is 2.33. The molecule has 0 atom stereocenters. The van der Waals surface area contributed by atoms with Gasteiger partial charge >= 0.3 is 0 Å². The van der Waals surface area contributed by atoms with Crippen molar-refractivity contribution in [1.29, 1.82) is 0 Å². The fourth-order valence-electron chi connectivity index (χ4n) is 1.73.